The topological polar surface area (TPSA) is 147 Å². The Kier molecular flexibility index (Phi) is 7.08. The van der Waals surface area contributed by atoms with Gasteiger partial charge in [0.25, 0.3) is 5.56 Å². The number of aryl methyl sites for hydroxylation is 1. The van der Waals surface area contributed by atoms with Crippen LogP contribution in [0.2, 0.25) is 0 Å². The van der Waals surface area contributed by atoms with Crippen molar-refractivity contribution in [2.24, 2.45) is 5.92 Å². The molecule has 3 rings (SSSR count). The molecule has 1 atom stereocenters. The van der Waals surface area contributed by atoms with Crippen molar-refractivity contribution in [1.82, 2.24) is 35.1 Å². The number of H-pyrrole nitrogens is 2. The monoisotopic (exact) mass is 481 g/mol. The highest BCUT2D eigenvalue weighted by molar-refractivity contribution is 8.00. The number of aromatic amines is 2. The molecule has 3 N–H and O–H groups in total. The van der Waals surface area contributed by atoms with Gasteiger partial charge in [-0.15, -0.1) is 15.3 Å². The van der Waals surface area contributed by atoms with Crippen LogP contribution < -0.4 is 16.6 Å². The average molecular weight is 482 g/mol. The smallest absolute Gasteiger partial charge is 0.408 e. The zero-order chi connectivity index (χ0) is 23.6. The Bertz CT molecular complexity index is 1220. The third-order valence-electron chi connectivity index (χ3n) is 4.30. The van der Waals surface area contributed by atoms with Gasteiger partial charge >= 0.3 is 11.8 Å². The number of ether oxygens (including phenoxy) is 1. The van der Waals surface area contributed by atoms with E-state index < -0.39 is 29.0 Å². The number of fused-ring (bicyclic) bond motifs is 1. The molecule has 0 saturated heterocycles. The molecule has 3 heterocycles. The normalized spacial score (nSPS) is 13.0. The lowest BCUT2D eigenvalue weighted by Gasteiger charge is -2.23. The molecular weight excluding hydrogens is 454 g/mol. The van der Waals surface area contributed by atoms with Gasteiger partial charge in [0.05, 0.1) is 6.04 Å². The van der Waals surface area contributed by atoms with E-state index in [0.717, 1.165) is 0 Å². The Balaban J connectivity index is 1.82. The maximum Gasteiger partial charge on any atom is 0.408 e. The fourth-order valence-corrected chi connectivity index (χ4v) is 4.95. The summed E-state index contributed by atoms with van der Waals surface area (Å²) in [4.78, 5) is 41.2. The summed E-state index contributed by atoms with van der Waals surface area (Å²) in [5.41, 5.74) is -0.563. The molecule has 1 amide bonds. The first-order chi connectivity index (χ1) is 14.9. The van der Waals surface area contributed by atoms with Gasteiger partial charge in [-0.05, 0) is 40.0 Å². The zero-order valence-electron chi connectivity index (χ0n) is 18.8. The Labute approximate surface area is 192 Å². The molecule has 11 nitrogen and oxygen atoms in total. The van der Waals surface area contributed by atoms with Crippen molar-refractivity contribution in [1.29, 1.82) is 0 Å². The molecule has 0 fully saturated rings. The highest BCUT2D eigenvalue weighted by atomic mass is 32.2. The van der Waals surface area contributed by atoms with Crippen LogP contribution in [0.15, 0.2) is 13.9 Å². The fraction of sp³-hybridized carbons (Fsp3) is 0.579. The number of thioether (sulfide) groups is 1. The minimum absolute atomic E-state index is 0.282. The van der Waals surface area contributed by atoms with Crippen molar-refractivity contribution >= 4 is 34.2 Å². The Morgan fingerprint density at radius 3 is 2.59 bits per heavy atom. The molecule has 0 aliphatic rings. The second kappa shape index (κ2) is 9.45. The summed E-state index contributed by atoms with van der Waals surface area (Å²) < 4.78 is 7.69. The molecule has 0 spiro atoms. The third kappa shape index (κ3) is 5.97. The predicted molar refractivity (Wildman–Crippen MR) is 122 cm³/mol. The van der Waals surface area contributed by atoms with Gasteiger partial charge in [0.1, 0.15) is 5.60 Å². The van der Waals surface area contributed by atoms with Gasteiger partial charge in [-0.3, -0.25) is 9.78 Å². The Hall–Kier alpha value is -2.67. The van der Waals surface area contributed by atoms with Crippen molar-refractivity contribution in [3.05, 3.63) is 37.9 Å². The minimum atomic E-state index is -0.616. The first-order valence-corrected chi connectivity index (χ1v) is 11.9. The standard InChI is InChI=1S/C19H27N7O4S2/c1-9(2)7-12(21-17(29)30-19(4,5)6)13-23-24-16-26(13)25-18(32-16)31-8-11-10(3)20-15(28)22-14(11)27/h9,12H,7-8H2,1-6H3,(H,21,29)(H2,20,22,27,28). The molecule has 174 valence electrons. The number of aromatic nitrogens is 6. The highest BCUT2D eigenvalue weighted by Crippen LogP contribution is 2.29. The second-order valence-corrected chi connectivity index (χ2v) is 10.9. The molecule has 0 aliphatic carbocycles. The van der Waals surface area contributed by atoms with Gasteiger partial charge in [0.2, 0.25) is 4.96 Å². The third-order valence-corrected chi connectivity index (χ3v) is 6.36. The van der Waals surface area contributed by atoms with Gasteiger partial charge < -0.3 is 15.0 Å². The van der Waals surface area contributed by atoms with E-state index in [1.165, 1.54) is 23.1 Å². The van der Waals surface area contributed by atoms with Gasteiger partial charge in [-0.2, -0.15) is 4.52 Å². The summed E-state index contributed by atoms with van der Waals surface area (Å²) in [6.45, 7) is 11.2. The van der Waals surface area contributed by atoms with Crippen molar-refractivity contribution < 1.29 is 9.53 Å². The molecule has 32 heavy (non-hydrogen) atoms. The molecule has 0 bridgehead atoms. The Morgan fingerprint density at radius 2 is 1.97 bits per heavy atom. The van der Waals surface area contributed by atoms with Crippen molar-refractivity contribution in [3.63, 3.8) is 0 Å². The van der Waals surface area contributed by atoms with Crippen LogP contribution >= 0.6 is 23.1 Å². The second-order valence-electron chi connectivity index (χ2n) is 8.75. The molecule has 0 aromatic carbocycles. The van der Waals surface area contributed by atoms with E-state index in [1.807, 2.05) is 13.8 Å². The lowest BCUT2D eigenvalue weighted by Crippen LogP contribution is -2.36. The highest BCUT2D eigenvalue weighted by Gasteiger charge is 2.26. The number of rotatable bonds is 7. The van der Waals surface area contributed by atoms with E-state index >= 15 is 0 Å². The number of nitrogens with one attached hydrogen (secondary N) is 3. The van der Waals surface area contributed by atoms with Crippen molar-refractivity contribution in [2.45, 2.75) is 69.7 Å². The van der Waals surface area contributed by atoms with Gasteiger partial charge in [-0.1, -0.05) is 36.9 Å². The van der Waals surface area contributed by atoms with Gasteiger partial charge in [0, 0.05) is 17.0 Å². The van der Waals surface area contributed by atoms with Crippen LogP contribution in [0.5, 0.6) is 0 Å². The van der Waals surface area contributed by atoms with E-state index in [-0.39, 0.29) is 5.92 Å². The van der Waals surface area contributed by atoms with Crippen molar-refractivity contribution in [2.75, 3.05) is 0 Å². The lowest BCUT2D eigenvalue weighted by molar-refractivity contribution is 0.0494. The predicted octanol–water partition coefficient (Wildman–Crippen LogP) is 2.78. The number of nitrogens with zero attached hydrogens (tertiary/aromatic N) is 4. The minimum Gasteiger partial charge on any atom is -0.444 e. The van der Waals surface area contributed by atoms with Crippen LogP contribution in [-0.2, 0) is 10.5 Å². The number of amides is 1. The summed E-state index contributed by atoms with van der Waals surface area (Å²) in [6.07, 6.45) is 0.101. The first-order valence-electron chi connectivity index (χ1n) is 10.1. The maximum atomic E-state index is 12.4. The van der Waals surface area contributed by atoms with E-state index in [9.17, 15) is 14.4 Å². The van der Waals surface area contributed by atoms with Crippen LogP contribution in [0.4, 0.5) is 4.79 Å². The Morgan fingerprint density at radius 1 is 1.25 bits per heavy atom. The molecular formula is C19H27N7O4S2. The van der Waals surface area contributed by atoms with Crippen LogP contribution in [0.3, 0.4) is 0 Å². The average Bonchev–Trinajstić information content (AvgIpc) is 3.18. The first kappa shape index (κ1) is 24.0. The molecule has 13 heteroatoms. The molecule has 1 unspecified atom stereocenters. The quantitative estimate of drug-likeness (QED) is 0.436. The van der Waals surface area contributed by atoms with Crippen LogP contribution in [0, 0.1) is 12.8 Å². The number of hydrogen-bond donors (Lipinski definition) is 3. The summed E-state index contributed by atoms with van der Waals surface area (Å²) in [7, 11) is 0. The van der Waals surface area contributed by atoms with E-state index in [1.54, 1.807) is 32.2 Å². The molecule has 3 aromatic heterocycles. The summed E-state index contributed by atoms with van der Waals surface area (Å²) in [5.74, 6) is 1.13. The van der Waals surface area contributed by atoms with Gasteiger partial charge in [-0.25, -0.2) is 9.59 Å². The molecule has 0 aliphatic heterocycles. The number of hydrogen-bond acceptors (Lipinski definition) is 9. The SMILES string of the molecule is Cc1[nH]c(=O)[nH]c(=O)c1CSc1nn2c(C(CC(C)C)NC(=O)OC(C)(C)C)nnc2s1. The molecule has 3 aromatic rings. The number of carbonyl (C=O) groups is 1. The number of carbonyl (C=O) groups excluding carboxylic acids is 1. The summed E-state index contributed by atoms with van der Waals surface area (Å²) >= 11 is 2.69. The zero-order valence-corrected chi connectivity index (χ0v) is 20.4. The van der Waals surface area contributed by atoms with E-state index in [2.05, 4.69) is 30.6 Å². The van der Waals surface area contributed by atoms with Crippen molar-refractivity contribution in [3.8, 4) is 0 Å². The molecule has 0 radical (unpaired) electrons. The van der Waals surface area contributed by atoms with Crippen LogP contribution in [0.1, 0.15) is 64.2 Å². The van der Waals surface area contributed by atoms with Gasteiger partial charge in [0.15, 0.2) is 10.2 Å². The largest absolute Gasteiger partial charge is 0.444 e. The van der Waals surface area contributed by atoms with E-state index in [4.69, 9.17) is 4.74 Å². The van der Waals surface area contributed by atoms with Crippen LogP contribution in [-0.4, -0.2) is 41.5 Å². The number of alkyl carbamates (subject to hydrolysis) is 1. The van der Waals surface area contributed by atoms with Crippen LogP contribution in [0.25, 0.3) is 4.96 Å². The lowest BCUT2D eigenvalue weighted by atomic mass is 10.0. The van der Waals surface area contributed by atoms with E-state index in [0.29, 0.717) is 38.6 Å². The summed E-state index contributed by atoms with van der Waals surface area (Å²) in [5, 5.41) is 15.9. The molecule has 0 saturated carbocycles. The fourth-order valence-electron chi connectivity index (χ4n) is 2.97. The summed E-state index contributed by atoms with van der Waals surface area (Å²) in [6, 6.07) is -0.427. The maximum absolute atomic E-state index is 12.4.